The average Bonchev–Trinajstić information content (AvgIpc) is 2.93. The number of nitrogens with two attached hydrogens (primary N) is 1. The molecule has 0 fully saturated rings. The molecule has 1 atom stereocenters. The van der Waals surface area contributed by atoms with Crippen molar-refractivity contribution in [1.82, 2.24) is 4.90 Å². The summed E-state index contributed by atoms with van der Waals surface area (Å²) in [5.41, 5.74) is 8.69. The van der Waals surface area contributed by atoms with Crippen LogP contribution in [-0.4, -0.2) is 31.7 Å². The second-order valence-electron chi connectivity index (χ2n) is 5.44. The van der Waals surface area contributed by atoms with Crippen molar-refractivity contribution in [2.75, 3.05) is 26.8 Å². The fourth-order valence-electron chi connectivity index (χ4n) is 2.99. The summed E-state index contributed by atoms with van der Waals surface area (Å²) in [6, 6.07) is 16.5. The Balaban J connectivity index is 1.55. The molecule has 1 aliphatic heterocycles. The summed E-state index contributed by atoms with van der Waals surface area (Å²) in [4.78, 5) is 2.38. The van der Waals surface area contributed by atoms with Crippen LogP contribution in [0.5, 0.6) is 11.5 Å². The van der Waals surface area contributed by atoms with Crippen LogP contribution >= 0.6 is 0 Å². The molecule has 4 heteroatoms. The molecule has 3 rings (SSSR count). The second kappa shape index (κ2) is 6.81. The highest BCUT2D eigenvalue weighted by Crippen LogP contribution is 2.32. The molecule has 4 nitrogen and oxygen atoms in total. The summed E-state index contributed by atoms with van der Waals surface area (Å²) in [5, 5.41) is 0. The van der Waals surface area contributed by atoms with Crippen molar-refractivity contribution in [2.45, 2.75) is 12.6 Å². The lowest BCUT2D eigenvalue weighted by Crippen LogP contribution is -2.31. The number of benzene rings is 2. The first kappa shape index (κ1) is 14.9. The van der Waals surface area contributed by atoms with Crippen molar-refractivity contribution in [3.05, 3.63) is 59.7 Å². The third kappa shape index (κ3) is 3.08. The van der Waals surface area contributed by atoms with Gasteiger partial charge in [-0.1, -0.05) is 24.3 Å². The van der Waals surface area contributed by atoms with Crippen LogP contribution in [0.1, 0.15) is 17.2 Å². The molecule has 0 spiro atoms. The molecule has 2 aromatic carbocycles. The first-order chi connectivity index (χ1) is 10.8. The number of ether oxygens (including phenoxy) is 2. The average molecular weight is 298 g/mol. The van der Waals surface area contributed by atoms with Crippen LogP contribution in [0.25, 0.3) is 0 Å². The highest BCUT2D eigenvalue weighted by molar-refractivity contribution is 5.34. The molecule has 0 aliphatic carbocycles. The van der Waals surface area contributed by atoms with Gasteiger partial charge in [-0.2, -0.15) is 0 Å². The van der Waals surface area contributed by atoms with Crippen molar-refractivity contribution in [1.29, 1.82) is 0 Å². The minimum Gasteiger partial charge on any atom is -0.497 e. The molecule has 0 saturated carbocycles. The van der Waals surface area contributed by atoms with Crippen molar-refractivity contribution in [3.63, 3.8) is 0 Å². The van der Waals surface area contributed by atoms with Gasteiger partial charge in [0.2, 0.25) is 0 Å². The highest BCUT2D eigenvalue weighted by Gasteiger charge is 2.28. The maximum Gasteiger partial charge on any atom is 0.119 e. The standard InChI is InChI=1S/C18H22N2O2/c1-21-15-6-8-16(9-7-15)22-11-10-20-13-14-4-2-3-5-17(14)18(20)12-19/h2-9,18H,10-13,19H2,1H3. The largest absolute Gasteiger partial charge is 0.497 e. The molecule has 0 bridgehead atoms. The molecule has 0 saturated heterocycles. The fourth-order valence-corrected chi connectivity index (χ4v) is 2.99. The van der Waals surface area contributed by atoms with Gasteiger partial charge in [-0.3, -0.25) is 4.90 Å². The number of methoxy groups -OCH3 is 1. The summed E-state index contributed by atoms with van der Waals surface area (Å²) in [7, 11) is 1.66. The van der Waals surface area contributed by atoms with E-state index in [1.165, 1.54) is 11.1 Å². The molecule has 2 N–H and O–H groups in total. The predicted octanol–water partition coefficient (Wildman–Crippen LogP) is 2.59. The number of hydrogen-bond donors (Lipinski definition) is 1. The van der Waals surface area contributed by atoms with Gasteiger partial charge in [-0.15, -0.1) is 0 Å². The molecular formula is C18H22N2O2. The molecule has 1 heterocycles. The topological polar surface area (TPSA) is 47.7 Å². The van der Waals surface area contributed by atoms with E-state index >= 15 is 0 Å². The SMILES string of the molecule is COc1ccc(OCCN2Cc3ccccc3C2CN)cc1. The smallest absolute Gasteiger partial charge is 0.119 e. The lowest BCUT2D eigenvalue weighted by Gasteiger charge is -2.23. The third-order valence-electron chi connectivity index (χ3n) is 4.16. The van der Waals surface area contributed by atoms with Gasteiger partial charge in [0.25, 0.3) is 0 Å². The predicted molar refractivity (Wildman–Crippen MR) is 87.1 cm³/mol. The van der Waals surface area contributed by atoms with Gasteiger partial charge in [0, 0.05) is 25.7 Å². The van der Waals surface area contributed by atoms with E-state index in [0.29, 0.717) is 19.2 Å². The van der Waals surface area contributed by atoms with E-state index in [1.807, 2.05) is 24.3 Å². The van der Waals surface area contributed by atoms with Crippen LogP contribution in [0.4, 0.5) is 0 Å². The molecule has 2 aromatic rings. The summed E-state index contributed by atoms with van der Waals surface area (Å²) < 4.78 is 11.0. The van der Waals surface area contributed by atoms with Crippen LogP contribution in [0.3, 0.4) is 0 Å². The zero-order valence-corrected chi connectivity index (χ0v) is 12.9. The summed E-state index contributed by atoms with van der Waals surface area (Å²) >= 11 is 0. The summed E-state index contributed by atoms with van der Waals surface area (Å²) in [5.74, 6) is 1.70. The Bertz CT molecular complexity index is 613. The fraction of sp³-hybridized carbons (Fsp3) is 0.333. The van der Waals surface area contributed by atoms with E-state index in [2.05, 4.69) is 29.2 Å². The maximum atomic E-state index is 5.96. The number of rotatable bonds is 6. The first-order valence-electron chi connectivity index (χ1n) is 7.60. The summed E-state index contributed by atoms with van der Waals surface area (Å²) in [6.45, 7) is 3.10. The van der Waals surface area contributed by atoms with Crippen molar-refractivity contribution in [3.8, 4) is 11.5 Å². The third-order valence-corrected chi connectivity index (χ3v) is 4.16. The van der Waals surface area contributed by atoms with E-state index in [9.17, 15) is 0 Å². The summed E-state index contributed by atoms with van der Waals surface area (Å²) in [6.07, 6.45) is 0. The lowest BCUT2D eigenvalue weighted by atomic mass is 10.1. The molecule has 22 heavy (non-hydrogen) atoms. The molecule has 116 valence electrons. The van der Waals surface area contributed by atoms with Crippen LogP contribution in [-0.2, 0) is 6.54 Å². The van der Waals surface area contributed by atoms with Gasteiger partial charge in [-0.05, 0) is 35.4 Å². The second-order valence-corrected chi connectivity index (χ2v) is 5.44. The molecular weight excluding hydrogens is 276 g/mol. The van der Waals surface area contributed by atoms with E-state index in [1.54, 1.807) is 7.11 Å². The van der Waals surface area contributed by atoms with Gasteiger partial charge >= 0.3 is 0 Å². The normalized spacial score (nSPS) is 17.3. The molecule has 1 unspecified atom stereocenters. The van der Waals surface area contributed by atoms with E-state index < -0.39 is 0 Å². The van der Waals surface area contributed by atoms with Gasteiger partial charge in [0.05, 0.1) is 7.11 Å². The van der Waals surface area contributed by atoms with Crippen LogP contribution < -0.4 is 15.2 Å². The number of hydrogen-bond acceptors (Lipinski definition) is 4. The zero-order chi connectivity index (χ0) is 15.4. The van der Waals surface area contributed by atoms with E-state index in [0.717, 1.165) is 24.6 Å². The highest BCUT2D eigenvalue weighted by atomic mass is 16.5. The van der Waals surface area contributed by atoms with E-state index in [4.69, 9.17) is 15.2 Å². The van der Waals surface area contributed by atoms with Crippen LogP contribution in [0.15, 0.2) is 48.5 Å². The Kier molecular flexibility index (Phi) is 4.61. The molecule has 0 amide bonds. The van der Waals surface area contributed by atoms with Gasteiger partial charge in [0.1, 0.15) is 18.1 Å². The Labute approximate surface area is 131 Å². The van der Waals surface area contributed by atoms with Gasteiger partial charge < -0.3 is 15.2 Å². The first-order valence-corrected chi connectivity index (χ1v) is 7.60. The Morgan fingerprint density at radius 3 is 2.55 bits per heavy atom. The minimum absolute atomic E-state index is 0.302. The van der Waals surface area contributed by atoms with Crippen molar-refractivity contribution >= 4 is 0 Å². The Morgan fingerprint density at radius 1 is 1.09 bits per heavy atom. The van der Waals surface area contributed by atoms with E-state index in [-0.39, 0.29) is 0 Å². The monoisotopic (exact) mass is 298 g/mol. The quantitative estimate of drug-likeness (QED) is 0.890. The van der Waals surface area contributed by atoms with Crippen LogP contribution in [0.2, 0.25) is 0 Å². The number of fused-ring (bicyclic) bond motifs is 1. The van der Waals surface area contributed by atoms with Crippen molar-refractivity contribution < 1.29 is 9.47 Å². The van der Waals surface area contributed by atoms with Gasteiger partial charge in [0.15, 0.2) is 0 Å². The zero-order valence-electron chi connectivity index (χ0n) is 12.9. The lowest BCUT2D eigenvalue weighted by molar-refractivity contribution is 0.174. The molecule has 0 aromatic heterocycles. The Morgan fingerprint density at radius 2 is 1.82 bits per heavy atom. The Hall–Kier alpha value is -2.04. The molecule has 1 aliphatic rings. The number of nitrogens with zero attached hydrogens (tertiary/aromatic N) is 1. The molecule has 0 radical (unpaired) electrons. The van der Waals surface area contributed by atoms with Crippen LogP contribution in [0, 0.1) is 0 Å². The maximum absolute atomic E-state index is 5.96. The van der Waals surface area contributed by atoms with Gasteiger partial charge in [-0.25, -0.2) is 0 Å². The minimum atomic E-state index is 0.302. The van der Waals surface area contributed by atoms with Crippen molar-refractivity contribution in [2.24, 2.45) is 5.73 Å².